The predicted octanol–water partition coefficient (Wildman–Crippen LogP) is 1.81. The number of amides is 1. The van der Waals surface area contributed by atoms with E-state index in [9.17, 15) is 4.79 Å². The van der Waals surface area contributed by atoms with Gasteiger partial charge in [0.2, 0.25) is 0 Å². The van der Waals surface area contributed by atoms with Crippen LogP contribution in [-0.2, 0) is 0 Å². The summed E-state index contributed by atoms with van der Waals surface area (Å²) in [4.78, 5) is 12.0. The fraction of sp³-hybridized carbons (Fsp3) is 0.438. The quantitative estimate of drug-likeness (QED) is 0.808. The zero-order chi connectivity index (χ0) is 13.7. The van der Waals surface area contributed by atoms with Gasteiger partial charge in [-0.3, -0.25) is 4.79 Å². The summed E-state index contributed by atoms with van der Waals surface area (Å²) in [5, 5.41) is 11.6. The van der Waals surface area contributed by atoms with Crippen molar-refractivity contribution in [2.45, 2.75) is 19.8 Å². The molecular weight excluding hydrogens is 238 g/mol. The molecule has 0 heterocycles. The number of carbonyl (C=O) groups is 1. The Bertz CT molecular complexity index is 513. The zero-order valence-electron chi connectivity index (χ0n) is 11.1. The Morgan fingerprint density at radius 1 is 1.53 bits per heavy atom. The van der Waals surface area contributed by atoms with Crippen molar-refractivity contribution in [3.8, 4) is 11.8 Å². The normalized spacial score (nSPS) is 20.3. The van der Waals surface area contributed by atoms with Gasteiger partial charge in [-0.1, -0.05) is 24.8 Å². The third-order valence-corrected chi connectivity index (χ3v) is 3.40. The maximum absolute atomic E-state index is 12.0. The van der Waals surface area contributed by atoms with Crippen LogP contribution >= 0.6 is 0 Å². The van der Waals surface area contributed by atoms with Crippen LogP contribution < -0.4 is 5.32 Å². The molecule has 3 nitrogen and oxygen atoms in total. The topological polar surface area (TPSA) is 49.3 Å². The SMILES string of the molecule is CC1CC1CNC(=O)c1cccc(C#CCCO)c1. The van der Waals surface area contributed by atoms with E-state index in [1.807, 2.05) is 12.1 Å². The van der Waals surface area contributed by atoms with Crippen LogP contribution in [0, 0.1) is 23.7 Å². The van der Waals surface area contributed by atoms with E-state index >= 15 is 0 Å². The molecule has 2 N–H and O–H groups in total. The maximum atomic E-state index is 12.0. The number of nitrogens with one attached hydrogen (secondary N) is 1. The number of hydrogen-bond acceptors (Lipinski definition) is 2. The van der Waals surface area contributed by atoms with Gasteiger partial charge in [0, 0.05) is 24.1 Å². The minimum atomic E-state index is -0.0371. The molecular formula is C16H19NO2. The van der Waals surface area contributed by atoms with Crippen molar-refractivity contribution < 1.29 is 9.90 Å². The van der Waals surface area contributed by atoms with Gasteiger partial charge in [0.1, 0.15) is 0 Å². The highest BCUT2D eigenvalue weighted by Crippen LogP contribution is 2.36. The largest absolute Gasteiger partial charge is 0.395 e. The second-order valence-electron chi connectivity index (χ2n) is 5.04. The highest BCUT2D eigenvalue weighted by Gasteiger charge is 2.32. The van der Waals surface area contributed by atoms with Crippen LogP contribution in [0.2, 0.25) is 0 Å². The van der Waals surface area contributed by atoms with E-state index in [2.05, 4.69) is 24.1 Å². The van der Waals surface area contributed by atoms with Crippen LogP contribution in [0.5, 0.6) is 0 Å². The van der Waals surface area contributed by atoms with E-state index in [-0.39, 0.29) is 12.5 Å². The van der Waals surface area contributed by atoms with Gasteiger partial charge in [0.05, 0.1) is 6.61 Å². The molecule has 2 atom stereocenters. The molecule has 2 rings (SSSR count). The van der Waals surface area contributed by atoms with E-state index < -0.39 is 0 Å². The van der Waals surface area contributed by atoms with Crippen LogP contribution in [0.1, 0.15) is 35.7 Å². The van der Waals surface area contributed by atoms with Crippen molar-refractivity contribution in [3.63, 3.8) is 0 Å². The van der Waals surface area contributed by atoms with Gasteiger partial charge in [-0.15, -0.1) is 0 Å². The Hall–Kier alpha value is -1.79. The average Bonchev–Trinajstić information content (AvgIpc) is 3.13. The van der Waals surface area contributed by atoms with E-state index in [0.29, 0.717) is 17.9 Å². The summed E-state index contributed by atoms with van der Waals surface area (Å²) in [6, 6.07) is 7.28. The Balaban J connectivity index is 1.93. The number of benzene rings is 1. The molecule has 1 saturated carbocycles. The third-order valence-electron chi connectivity index (χ3n) is 3.40. The number of aliphatic hydroxyl groups excluding tert-OH is 1. The van der Waals surface area contributed by atoms with E-state index in [0.717, 1.165) is 18.0 Å². The highest BCUT2D eigenvalue weighted by molar-refractivity contribution is 5.94. The Labute approximate surface area is 114 Å². The van der Waals surface area contributed by atoms with Gasteiger partial charge in [-0.2, -0.15) is 0 Å². The Kier molecular flexibility index (Phi) is 4.59. The molecule has 0 spiro atoms. The maximum Gasteiger partial charge on any atom is 0.251 e. The number of aliphatic hydroxyl groups is 1. The first-order valence-corrected chi connectivity index (χ1v) is 6.68. The fourth-order valence-electron chi connectivity index (χ4n) is 1.97. The average molecular weight is 257 g/mol. The van der Waals surface area contributed by atoms with Crippen molar-refractivity contribution >= 4 is 5.91 Å². The zero-order valence-corrected chi connectivity index (χ0v) is 11.1. The van der Waals surface area contributed by atoms with Gasteiger partial charge in [-0.05, 0) is 36.5 Å². The molecule has 1 aliphatic rings. The van der Waals surface area contributed by atoms with Crippen LogP contribution in [0.4, 0.5) is 0 Å². The van der Waals surface area contributed by atoms with Crippen LogP contribution in [-0.4, -0.2) is 24.2 Å². The smallest absolute Gasteiger partial charge is 0.251 e. The lowest BCUT2D eigenvalue weighted by Gasteiger charge is -2.04. The fourth-order valence-corrected chi connectivity index (χ4v) is 1.97. The number of hydrogen-bond donors (Lipinski definition) is 2. The summed E-state index contributed by atoms with van der Waals surface area (Å²) in [5.74, 6) is 7.15. The summed E-state index contributed by atoms with van der Waals surface area (Å²) in [6.07, 6.45) is 1.67. The van der Waals surface area contributed by atoms with Crippen molar-refractivity contribution in [1.29, 1.82) is 0 Å². The van der Waals surface area contributed by atoms with Gasteiger partial charge < -0.3 is 10.4 Å². The molecule has 0 aromatic heterocycles. The molecule has 0 radical (unpaired) electrons. The molecule has 0 aliphatic heterocycles. The van der Waals surface area contributed by atoms with Crippen molar-refractivity contribution in [3.05, 3.63) is 35.4 Å². The first kappa shape index (κ1) is 13.6. The van der Waals surface area contributed by atoms with Crippen LogP contribution in [0.25, 0.3) is 0 Å². The summed E-state index contributed by atoms with van der Waals surface area (Å²) in [7, 11) is 0. The van der Waals surface area contributed by atoms with E-state index in [1.165, 1.54) is 6.42 Å². The highest BCUT2D eigenvalue weighted by atomic mass is 16.2. The molecule has 1 amide bonds. The van der Waals surface area contributed by atoms with Gasteiger partial charge >= 0.3 is 0 Å². The molecule has 0 saturated heterocycles. The first-order chi connectivity index (χ1) is 9.20. The predicted molar refractivity (Wildman–Crippen MR) is 74.6 cm³/mol. The first-order valence-electron chi connectivity index (χ1n) is 6.68. The molecule has 3 heteroatoms. The van der Waals surface area contributed by atoms with Crippen LogP contribution in [0.15, 0.2) is 24.3 Å². The standard InChI is InChI=1S/C16H19NO2/c1-12-9-15(12)11-17-16(19)14-7-4-6-13(10-14)5-2-3-8-18/h4,6-7,10,12,15,18H,3,8-9,11H2,1H3,(H,17,19). The minimum Gasteiger partial charge on any atom is -0.395 e. The van der Waals surface area contributed by atoms with E-state index in [4.69, 9.17) is 5.11 Å². The third kappa shape index (κ3) is 4.11. The molecule has 0 bridgehead atoms. The van der Waals surface area contributed by atoms with Gasteiger partial charge in [0.25, 0.3) is 5.91 Å². The van der Waals surface area contributed by atoms with Crippen LogP contribution in [0.3, 0.4) is 0 Å². The van der Waals surface area contributed by atoms with Crippen molar-refractivity contribution in [2.24, 2.45) is 11.8 Å². The van der Waals surface area contributed by atoms with E-state index in [1.54, 1.807) is 12.1 Å². The molecule has 19 heavy (non-hydrogen) atoms. The molecule has 1 aromatic carbocycles. The monoisotopic (exact) mass is 257 g/mol. The second-order valence-corrected chi connectivity index (χ2v) is 5.04. The lowest BCUT2D eigenvalue weighted by Crippen LogP contribution is -2.25. The molecule has 2 unspecified atom stereocenters. The minimum absolute atomic E-state index is 0.0371. The van der Waals surface area contributed by atoms with Gasteiger partial charge in [0.15, 0.2) is 0 Å². The summed E-state index contributed by atoms with van der Waals surface area (Å²) < 4.78 is 0. The summed E-state index contributed by atoms with van der Waals surface area (Å²) >= 11 is 0. The summed E-state index contributed by atoms with van der Waals surface area (Å²) in [6.45, 7) is 3.03. The molecule has 1 aromatic rings. The summed E-state index contributed by atoms with van der Waals surface area (Å²) in [5.41, 5.74) is 1.45. The number of rotatable bonds is 4. The molecule has 100 valence electrons. The van der Waals surface area contributed by atoms with Crippen molar-refractivity contribution in [1.82, 2.24) is 5.32 Å². The van der Waals surface area contributed by atoms with Crippen molar-refractivity contribution in [2.75, 3.05) is 13.2 Å². The molecule has 1 fully saturated rings. The lowest BCUT2D eigenvalue weighted by atomic mass is 10.1. The molecule has 1 aliphatic carbocycles. The number of carbonyl (C=O) groups excluding carboxylic acids is 1. The lowest BCUT2D eigenvalue weighted by molar-refractivity contribution is 0.0951. The Morgan fingerprint density at radius 3 is 3.00 bits per heavy atom. The second kappa shape index (κ2) is 6.40. The van der Waals surface area contributed by atoms with Gasteiger partial charge in [-0.25, -0.2) is 0 Å². The Morgan fingerprint density at radius 2 is 2.32 bits per heavy atom.